The van der Waals surface area contributed by atoms with Gasteiger partial charge in [0, 0.05) is 24.8 Å². The van der Waals surface area contributed by atoms with Gasteiger partial charge in [0.15, 0.2) is 5.65 Å². The maximum atomic E-state index is 10.7. The number of fused-ring (bicyclic) bond motifs is 1. The van der Waals surface area contributed by atoms with Crippen LogP contribution in [-0.4, -0.2) is 14.8 Å². The lowest BCUT2D eigenvalue weighted by molar-refractivity contribution is 0.676. The minimum absolute atomic E-state index is 0.0946. The molecule has 3 aromatic rings. The predicted molar refractivity (Wildman–Crippen MR) is 86.5 cm³/mol. The Morgan fingerprint density at radius 1 is 1.23 bits per heavy atom. The second-order valence-corrected chi connectivity index (χ2v) is 4.98. The number of anilines is 1. The number of benzene rings is 1. The van der Waals surface area contributed by atoms with Crippen LogP contribution in [0.2, 0.25) is 0 Å². The Hall–Kier alpha value is -2.76. The molecule has 0 aliphatic carbocycles. The topological polar surface area (TPSA) is 72.2 Å². The molecule has 2 aromatic heterocycles. The van der Waals surface area contributed by atoms with Gasteiger partial charge in [0.2, 0.25) is 0 Å². The van der Waals surface area contributed by atoms with Crippen molar-refractivity contribution in [3.05, 3.63) is 58.8 Å². The summed E-state index contributed by atoms with van der Waals surface area (Å²) < 4.78 is 1.83. The molecule has 0 bridgehead atoms. The molecule has 0 aliphatic heterocycles. The highest BCUT2D eigenvalue weighted by atomic mass is 16.3. The molecular weight excluding hydrogens is 278 g/mol. The van der Waals surface area contributed by atoms with Gasteiger partial charge in [-0.15, -0.1) is 0 Å². The normalized spacial score (nSPS) is 10.8. The summed E-state index contributed by atoms with van der Waals surface area (Å²) >= 11 is 0. The molecule has 0 radical (unpaired) electrons. The number of aryl methyl sites for hydroxylation is 1. The number of rotatable bonds is 6. The number of nitrogens with one attached hydrogen (secondary N) is 1. The first-order valence-corrected chi connectivity index (χ1v) is 7.23. The van der Waals surface area contributed by atoms with Gasteiger partial charge in [-0.3, -0.25) is 0 Å². The summed E-state index contributed by atoms with van der Waals surface area (Å²) in [6.07, 6.45) is 3.48. The summed E-state index contributed by atoms with van der Waals surface area (Å²) in [4.78, 5) is 15.1. The van der Waals surface area contributed by atoms with Gasteiger partial charge in [0.05, 0.1) is 17.3 Å². The second-order valence-electron chi connectivity index (χ2n) is 4.98. The Labute approximate surface area is 128 Å². The lowest BCUT2D eigenvalue weighted by Gasteiger charge is -2.11. The summed E-state index contributed by atoms with van der Waals surface area (Å²) in [5.41, 5.74) is 3.65. The highest BCUT2D eigenvalue weighted by Gasteiger charge is 2.12. The van der Waals surface area contributed by atoms with Crippen molar-refractivity contribution in [3.63, 3.8) is 0 Å². The summed E-state index contributed by atoms with van der Waals surface area (Å²) in [7, 11) is 0. The number of hydrogen-bond donors (Lipinski definition) is 1. The molecule has 22 heavy (non-hydrogen) atoms. The molecule has 112 valence electrons. The van der Waals surface area contributed by atoms with E-state index in [1.807, 2.05) is 29.8 Å². The fourth-order valence-corrected chi connectivity index (χ4v) is 2.48. The first-order valence-electron chi connectivity index (χ1n) is 7.23. The first-order chi connectivity index (χ1) is 10.8. The predicted octanol–water partition coefficient (Wildman–Crippen LogP) is 3.33. The van der Waals surface area contributed by atoms with Gasteiger partial charge in [-0.2, -0.15) is 10.0 Å². The molecule has 0 saturated carbocycles. The molecule has 2 heterocycles. The van der Waals surface area contributed by atoms with Crippen LogP contribution in [0.25, 0.3) is 11.0 Å². The fourth-order valence-electron chi connectivity index (χ4n) is 2.48. The SMILES string of the molecule is CCn1ncc2c(NCc3ccccc3)c(CN=O)cnc21. The van der Waals surface area contributed by atoms with Crippen LogP contribution >= 0.6 is 0 Å². The molecule has 0 spiro atoms. The fraction of sp³-hybridized carbons (Fsp3) is 0.250. The van der Waals surface area contributed by atoms with Crippen molar-refractivity contribution in [1.29, 1.82) is 0 Å². The number of hydrogen-bond acceptors (Lipinski definition) is 5. The highest BCUT2D eigenvalue weighted by molar-refractivity contribution is 5.90. The van der Waals surface area contributed by atoms with E-state index in [1.54, 1.807) is 12.4 Å². The number of nitroso groups, excluding NO2 is 1. The van der Waals surface area contributed by atoms with E-state index in [2.05, 4.69) is 32.7 Å². The van der Waals surface area contributed by atoms with Crippen molar-refractivity contribution < 1.29 is 0 Å². The summed E-state index contributed by atoms with van der Waals surface area (Å²) in [6, 6.07) is 10.1. The maximum absolute atomic E-state index is 10.7. The van der Waals surface area contributed by atoms with Gasteiger partial charge in [-0.1, -0.05) is 35.5 Å². The zero-order chi connectivity index (χ0) is 15.4. The quantitative estimate of drug-likeness (QED) is 0.708. The van der Waals surface area contributed by atoms with Crippen LogP contribution in [0.4, 0.5) is 5.69 Å². The number of nitrogens with zero attached hydrogens (tertiary/aromatic N) is 4. The third-order valence-corrected chi connectivity index (χ3v) is 3.59. The van der Waals surface area contributed by atoms with Crippen molar-refractivity contribution in [3.8, 4) is 0 Å². The molecule has 0 atom stereocenters. The Kier molecular flexibility index (Phi) is 4.09. The maximum Gasteiger partial charge on any atom is 0.159 e. The van der Waals surface area contributed by atoms with Gasteiger partial charge >= 0.3 is 0 Å². The van der Waals surface area contributed by atoms with E-state index < -0.39 is 0 Å². The molecule has 0 amide bonds. The molecule has 0 saturated heterocycles. The Morgan fingerprint density at radius 3 is 2.77 bits per heavy atom. The third kappa shape index (κ3) is 2.67. The highest BCUT2D eigenvalue weighted by Crippen LogP contribution is 2.27. The van der Waals surface area contributed by atoms with Gasteiger partial charge in [-0.25, -0.2) is 9.67 Å². The molecule has 3 rings (SSSR count). The minimum Gasteiger partial charge on any atom is -0.380 e. The molecule has 0 fully saturated rings. The smallest absolute Gasteiger partial charge is 0.159 e. The largest absolute Gasteiger partial charge is 0.380 e. The molecular formula is C16H17N5O. The second kappa shape index (κ2) is 6.34. The lowest BCUT2D eigenvalue weighted by Crippen LogP contribution is -2.04. The average molecular weight is 295 g/mol. The van der Waals surface area contributed by atoms with Crippen molar-refractivity contribution in [2.75, 3.05) is 5.32 Å². The first kappa shape index (κ1) is 14.2. The van der Waals surface area contributed by atoms with Crippen molar-refractivity contribution in [1.82, 2.24) is 14.8 Å². The summed E-state index contributed by atoms with van der Waals surface area (Å²) in [6.45, 7) is 3.53. The van der Waals surface area contributed by atoms with Crippen LogP contribution in [0.1, 0.15) is 18.1 Å². The van der Waals surface area contributed by atoms with Gasteiger partial charge in [0.25, 0.3) is 0 Å². The van der Waals surface area contributed by atoms with Crippen LogP contribution in [0.5, 0.6) is 0 Å². The monoisotopic (exact) mass is 295 g/mol. The molecule has 1 aromatic carbocycles. The lowest BCUT2D eigenvalue weighted by atomic mass is 10.1. The van der Waals surface area contributed by atoms with Crippen LogP contribution in [0.3, 0.4) is 0 Å². The molecule has 1 N–H and O–H groups in total. The van der Waals surface area contributed by atoms with E-state index >= 15 is 0 Å². The van der Waals surface area contributed by atoms with E-state index in [0.29, 0.717) is 6.54 Å². The van der Waals surface area contributed by atoms with E-state index in [0.717, 1.165) is 28.8 Å². The Balaban J connectivity index is 1.98. The molecule has 0 aliphatic rings. The zero-order valence-electron chi connectivity index (χ0n) is 12.4. The molecule has 6 nitrogen and oxygen atoms in total. The van der Waals surface area contributed by atoms with Gasteiger partial charge in [-0.05, 0) is 12.5 Å². The van der Waals surface area contributed by atoms with Crippen LogP contribution in [0.15, 0.2) is 47.9 Å². The van der Waals surface area contributed by atoms with Crippen LogP contribution < -0.4 is 5.32 Å². The van der Waals surface area contributed by atoms with Gasteiger partial charge in [0.1, 0.15) is 6.54 Å². The van der Waals surface area contributed by atoms with E-state index in [1.165, 1.54) is 5.56 Å². The Bertz CT molecular complexity index is 782. The minimum atomic E-state index is 0.0946. The van der Waals surface area contributed by atoms with Gasteiger partial charge < -0.3 is 5.32 Å². The number of aromatic nitrogens is 3. The molecule has 6 heteroatoms. The number of pyridine rings is 1. The van der Waals surface area contributed by atoms with Crippen molar-refractivity contribution in [2.45, 2.75) is 26.6 Å². The Morgan fingerprint density at radius 2 is 2.05 bits per heavy atom. The molecule has 0 unspecified atom stereocenters. The average Bonchev–Trinajstić information content (AvgIpc) is 2.98. The van der Waals surface area contributed by atoms with Crippen LogP contribution in [-0.2, 0) is 19.6 Å². The summed E-state index contributed by atoms with van der Waals surface area (Å²) in [5.74, 6) is 0. The third-order valence-electron chi connectivity index (χ3n) is 3.59. The van der Waals surface area contributed by atoms with Crippen molar-refractivity contribution >= 4 is 16.7 Å². The van der Waals surface area contributed by atoms with E-state index in [4.69, 9.17) is 0 Å². The van der Waals surface area contributed by atoms with E-state index in [-0.39, 0.29) is 6.54 Å². The van der Waals surface area contributed by atoms with E-state index in [9.17, 15) is 4.91 Å². The zero-order valence-corrected chi connectivity index (χ0v) is 12.4. The summed E-state index contributed by atoms with van der Waals surface area (Å²) in [5, 5.41) is 11.7. The van der Waals surface area contributed by atoms with Crippen molar-refractivity contribution in [2.24, 2.45) is 5.18 Å². The standard InChI is InChI=1S/C16H17N5O/c1-2-21-16-14(11-19-21)15(13(9-18-16)10-20-22)17-8-12-6-4-3-5-7-12/h3-7,9,11H,2,8,10H2,1H3,(H,17,18). The van der Waals surface area contributed by atoms with Crippen LogP contribution in [0, 0.1) is 4.91 Å².